The van der Waals surface area contributed by atoms with Crippen molar-refractivity contribution in [2.75, 3.05) is 5.73 Å². The molecule has 0 bridgehead atoms. The first kappa shape index (κ1) is 14.9. The molecule has 0 radical (unpaired) electrons. The summed E-state index contributed by atoms with van der Waals surface area (Å²) in [7, 11) is -4.06. The van der Waals surface area contributed by atoms with E-state index in [1.807, 2.05) is 0 Å². The highest BCUT2D eigenvalue weighted by Gasteiger charge is 2.21. The number of anilines is 1. The molecule has 0 atom stereocenters. The number of halogens is 2. The Kier molecular flexibility index (Phi) is 3.91. The van der Waals surface area contributed by atoms with Gasteiger partial charge in [-0.05, 0) is 30.3 Å². The van der Waals surface area contributed by atoms with E-state index in [9.17, 15) is 17.2 Å². The first-order valence-electron chi connectivity index (χ1n) is 5.80. The van der Waals surface area contributed by atoms with Crippen LogP contribution in [0.15, 0.2) is 41.3 Å². The molecule has 2 N–H and O–H groups in total. The molecule has 0 saturated heterocycles. The number of nitrogen functional groups attached to an aromatic ring is 1. The Morgan fingerprint density at radius 1 is 1.10 bits per heavy atom. The molecule has 2 aromatic rings. The highest BCUT2D eigenvalue weighted by Crippen LogP contribution is 2.23. The lowest BCUT2D eigenvalue weighted by Crippen LogP contribution is -2.09. The van der Waals surface area contributed by atoms with E-state index in [2.05, 4.69) is 0 Å². The zero-order valence-electron chi connectivity index (χ0n) is 10.7. The van der Waals surface area contributed by atoms with Crippen molar-refractivity contribution in [3.05, 3.63) is 59.2 Å². The van der Waals surface area contributed by atoms with E-state index in [1.165, 1.54) is 18.2 Å². The molecule has 0 aliphatic carbocycles. The summed E-state index contributed by atoms with van der Waals surface area (Å²) < 4.78 is 51.6. The van der Waals surface area contributed by atoms with Crippen molar-refractivity contribution in [3.8, 4) is 6.07 Å². The van der Waals surface area contributed by atoms with Gasteiger partial charge in [0.2, 0.25) is 0 Å². The second-order valence-electron chi connectivity index (χ2n) is 4.37. The summed E-state index contributed by atoms with van der Waals surface area (Å²) in [6.07, 6.45) is 0. The lowest BCUT2D eigenvalue weighted by molar-refractivity contribution is 0.563. The molecule has 7 heteroatoms. The number of benzene rings is 2. The van der Waals surface area contributed by atoms with Crippen LogP contribution in [0.4, 0.5) is 14.5 Å². The van der Waals surface area contributed by atoms with Gasteiger partial charge in [-0.2, -0.15) is 5.26 Å². The molecule has 21 heavy (non-hydrogen) atoms. The monoisotopic (exact) mass is 308 g/mol. The van der Waals surface area contributed by atoms with Crippen molar-refractivity contribution in [1.29, 1.82) is 5.26 Å². The number of hydrogen-bond acceptors (Lipinski definition) is 4. The molecule has 0 spiro atoms. The van der Waals surface area contributed by atoms with Crippen molar-refractivity contribution in [2.45, 2.75) is 10.6 Å². The quantitative estimate of drug-likeness (QED) is 0.882. The van der Waals surface area contributed by atoms with Gasteiger partial charge in [-0.25, -0.2) is 17.2 Å². The lowest BCUT2D eigenvalue weighted by Gasteiger charge is -2.07. The number of nitrogens with zero attached hydrogens (tertiary/aromatic N) is 1. The van der Waals surface area contributed by atoms with Gasteiger partial charge in [-0.1, -0.05) is 6.07 Å². The fourth-order valence-corrected chi connectivity index (χ4v) is 3.22. The highest BCUT2D eigenvalue weighted by atomic mass is 32.2. The number of hydrogen-bond donors (Lipinski definition) is 1. The van der Waals surface area contributed by atoms with Gasteiger partial charge in [0, 0.05) is 11.3 Å². The molecule has 0 unspecified atom stereocenters. The highest BCUT2D eigenvalue weighted by molar-refractivity contribution is 7.90. The summed E-state index contributed by atoms with van der Waals surface area (Å²) in [6, 6.07) is 8.36. The van der Waals surface area contributed by atoms with Crippen LogP contribution in [-0.2, 0) is 15.6 Å². The van der Waals surface area contributed by atoms with Gasteiger partial charge in [0.1, 0.15) is 16.5 Å². The van der Waals surface area contributed by atoms with Gasteiger partial charge in [0.05, 0.1) is 17.4 Å². The van der Waals surface area contributed by atoms with Gasteiger partial charge in [0.25, 0.3) is 0 Å². The Balaban J connectivity index is 2.40. The third-order valence-corrected chi connectivity index (χ3v) is 4.51. The van der Waals surface area contributed by atoms with Crippen molar-refractivity contribution < 1.29 is 17.2 Å². The van der Waals surface area contributed by atoms with Gasteiger partial charge < -0.3 is 5.73 Å². The number of nitriles is 1. The molecule has 0 saturated carbocycles. The van der Waals surface area contributed by atoms with E-state index >= 15 is 0 Å². The maximum Gasteiger partial charge on any atom is 0.185 e. The van der Waals surface area contributed by atoms with Crippen LogP contribution in [0.1, 0.15) is 11.1 Å². The van der Waals surface area contributed by atoms with Crippen LogP contribution in [0.25, 0.3) is 0 Å². The maximum atomic E-state index is 13.7. The SMILES string of the molecule is N#Cc1ccc(CS(=O)(=O)c2ccc(N)cc2F)c(F)c1. The van der Waals surface area contributed by atoms with Gasteiger partial charge in [0.15, 0.2) is 9.84 Å². The molecule has 0 aliphatic rings. The number of rotatable bonds is 3. The molecule has 4 nitrogen and oxygen atoms in total. The summed E-state index contributed by atoms with van der Waals surface area (Å²) in [5.74, 6) is -2.51. The van der Waals surface area contributed by atoms with Gasteiger partial charge in [-0.15, -0.1) is 0 Å². The zero-order chi connectivity index (χ0) is 15.6. The minimum absolute atomic E-state index is 0.0762. The summed E-state index contributed by atoms with van der Waals surface area (Å²) in [5, 5.41) is 8.63. The molecule has 0 amide bonds. The van der Waals surface area contributed by atoms with E-state index < -0.39 is 32.1 Å². The molecule has 2 aromatic carbocycles. The Morgan fingerprint density at radius 2 is 1.81 bits per heavy atom. The van der Waals surface area contributed by atoms with Crippen LogP contribution < -0.4 is 5.73 Å². The largest absolute Gasteiger partial charge is 0.399 e. The first-order valence-corrected chi connectivity index (χ1v) is 7.45. The number of nitrogens with two attached hydrogens (primary N) is 1. The molecule has 0 fully saturated rings. The summed E-state index contributed by atoms with van der Waals surface area (Å²) in [6.45, 7) is 0. The summed E-state index contributed by atoms with van der Waals surface area (Å²) in [4.78, 5) is -0.541. The standard InChI is InChI=1S/C14H10F2N2O2S/c15-12-5-9(7-17)1-2-10(12)8-21(19,20)14-4-3-11(18)6-13(14)16/h1-6H,8,18H2. The lowest BCUT2D eigenvalue weighted by atomic mass is 10.1. The predicted molar refractivity (Wildman–Crippen MR) is 72.8 cm³/mol. The Hall–Kier alpha value is -2.46. The summed E-state index contributed by atoms with van der Waals surface area (Å²) in [5.41, 5.74) is 5.39. The van der Waals surface area contributed by atoms with E-state index in [-0.39, 0.29) is 16.8 Å². The molecular formula is C14H10F2N2O2S. The molecular weight excluding hydrogens is 298 g/mol. The van der Waals surface area contributed by atoms with Crippen LogP contribution in [0.2, 0.25) is 0 Å². The van der Waals surface area contributed by atoms with Crippen molar-refractivity contribution in [2.24, 2.45) is 0 Å². The fraction of sp³-hybridized carbons (Fsp3) is 0.0714. The molecule has 0 aliphatic heterocycles. The fourth-order valence-electron chi connectivity index (χ4n) is 1.79. The third kappa shape index (κ3) is 3.17. The van der Waals surface area contributed by atoms with Crippen LogP contribution in [0.3, 0.4) is 0 Å². The van der Waals surface area contributed by atoms with E-state index in [1.54, 1.807) is 6.07 Å². The molecule has 0 heterocycles. The van der Waals surface area contributed by atoms with Crippen molar-refractivity contribution in [3.63, 3.8) is 0 Å². The smallest absolute Gasteiger partial charge is 0.185 e. The van der Waals surface area contributed by atoms with Crippen molar-refractivity contribution >= 4 is 15.5 Å². The van der Waals surface area contributed by atoms with E-state index in [4.69, 9.17) is 11.0 Å². The molecule has 2 rings (SSSR count). The summed E-state index contributed by atoms with van der Waals surface area (Å²) >= 11 is 0. The minimum Gasteiger partial charge on any atom is -0.399 e. The predicted octanol–water partition coefficient (Wildman–Crippen LogP) is 2.39. The van der Waals surface area contributed by atoms with Crippen LogP contribution in [-0.4, -0.2) is 8.42 Å². The Morgan fingerprint density at radius 3 is 2.38 bits per heavy atom. The molecule has 108 valence electrons. The average molecular weight is 308 g/mol. The molecule has 0 aromatic heterocycles. The third-order valence-electron chi connectivity index (χ3n) is 2.82. The van der Waals surface area contributed by atoms with E-state index in [0.717, 1.165) is 18.2 Å². The Bertz CT molecular complexity index is 843. The van der Waals surface area contributed by atoms with Crippen molar-refractivity contribution in [1.82, 2.24) is 0 Å². The van der Waals surface area contributed by atoms with Crippen LogP contribution in [0, 0.1) is 23.0 Å². The Labute approximate surface area is 120 Å². The van der Waals surface area contributed by atoms with E-state index in [0.29, 0.717) is 0 Å². The van der Waals surface area contributed by atoms with Gasteiger partial charge >= 0.3 is 0 Å². The van der Waals surface area contributed by atoms with Crippen LogP contribution >= 0.6 is 0 Å². The zero-order valence-corrected chi connectivity index (χ0v) is 11.5. The normalized spacial score (nSPS) is 11.1. The average Bonchev–Trinajstić information content (AvgIpc) is 2.40. The number of sulfone groups is 1. The topological polar surface area (TPSA) is 84.0 Å². The second kappa shape index (κ2) is 5.50. The maximum absolute atomic E-state index is 13.7. The van der Waals surface area contributed by atoms with Crippen LogP contribution in [0.5, 0.6) is 0 Å². The first-order chi connectivity index (χ1) is 9.83. The second-order valence-corrected chi connectivity index (χ2v) is 6.32. The minimum atomic E-state index is -4.06. The van der Waals surface area contributed by atoms with Gasteiger partial charge in [-0.3, -0.25) is 0 Å².